The van der Waals surface area contributed by atoms with Gasteiger partial charge in [0.2, 0.25) is 18.1 Å². The van der Waals surface area contributed by atoms with E-state index in [1.165, 1.54) is 24.3 Å². The van der Waals surface area contributed by atoms with Gasteiger partial charge in [0.15, 0.2) is 6.29 Å². The van der Waals surface area contributed by atoms with E-state index in [0.29, 0.717) is 5.69 Å². The average Bonchev–Trinajstić information content (AvgIpc) is 2.93. The van der Waals surface area contributed by atoms with Gasteiger partial charge in [-0.1, -0.05) is 13.2 Å². The van der Waals surface area contributed by atoms with Gasteiger partial charge in [-0.05, 0) is 36.4 Å². The molecule has 10 N–H and O–H groups in total. The van der Waals surface area contributed by atoms with Gasteiger partial charge in [-0.15, -0.1) is 0 Å². The van der Waals surface area contributed by atoms with Crippen molar-refractivity contribution in [2.75, 3.05) is 18.5 Å². The molecule has 0 spiro atoms. The number of primary amides is 1. The van der Waals surface area contributed by atoms with E-state index in [1.807, 2.05) is 0 Å². The van der Waals surface area contributed by atoms with Gasteiger partial charge in [0.1, 0.15) is 54.6 Å². The van der Waals surface area contributed by atoms with Crippen molar-refractivity contribution in [3.8, 4) is 5.75 Å². The number of ether oxygens (including phenoxy) is 4. The molecule has 2 aliphatic rings. The predicted octanol–water partition coefficient (Wildman–Crippen LogP) is -3.53. The Morgan fingerprint density at radius 2 is 1.38 bits per heavy atom. The Morgan fingerprint density at radius 1 is 0.846 bits per heavy atom. The lowest BCUT2D eigenvalue weighted by Crippen LogP contribution is -2.65. The van der Waals surface area contributed by atoms with Gasteiger partial charge in [0.25, 0.3) is 0 Å². The van der Waals surface area contributed by atoms with Crippen LogP contribution < -0.4 is 15.8 Å². The fourth-order valence-electron chi connectivity index (χ4n) is 3.60. The first-order valence-electron chi connectivity index (χ1n) is 11.7. The smallest absolute Gasteiger partial charge is 0.247 e. The fraction of sp³-hybridized carbons (Fsp3) is 0.500. The Labute approximate surface area is 223 Å². The number of rotatable bonds is 9. The molecule has 10 atom stereocenters. The van der Waals surface area contributed by atoms with Crippen molar-refractivity contribution in [3.05, 3.63) is 49.6 Å². The van der Waals surface area contributed by atoms with Gasteiger partial charge in [0.05, 0.1) is 13.2 Å². The summed E-state index contributed by atoms with van der Waals surface area (Å²) in [4.78, 5) is 20.8. The number of hydrogen-bond donors (Lipinski definition) is 9. The van der Waals surface area contributed by atoms with Gasteiger partial charge in [-0.2, -0.15) is 0 Å². The second kappa shape index (κ2) is 15.0. The molecule has 0 bridgehead atoms. The molecule has 2 aliphatic heterocycles. The van der Waals surface area contributed by atoms with E-state index < -0.39 is 86.4 Å². The maximum Gasteiger partial charge on any atom is 0.247 e. The first-order valence-corrected chi connectivity index (χ1v) is 11.7. The van der Waals surface area contributed by atoms with Crippen LogP contribution in [0.15, 0.2) is 49.6 Å². The van der Waals surface area contributed by atoms with Crippen LogP contribution in [-0.2, 0) is 23.8 Å². The highest BCUT2D eigenvalue weighted by Gasteiger charge is 2.51. The molecule has 218 valence electrons. The molecular weight excluding hydrogens is 524 g/mol. The zero-order chi connectivity index (χ0) is 29.3. The number of hydrogen-bond acceptors (Lipinski definition) is 13. The molecule has 15 heteroatoms. The highest BCUT2D eigenvalue weighted by atomic mass is 16.7. The minimum Gasteiger partial charge on any atom is -0.462 e. The van der Waals surface area contributed by atoms with Crippen molar-refractivity contribution < 1.29 is 64.3 Å². The Morgan fingerprint density at radius 3 is 1.90 bits per heavy atom. The molecule has 2 fully saturated rings. The summed E-state index contributed by atoms with van der Waals surface area (Å²) in [5.74, 6) is -0.665. The lowest BCUT2D eigenvalue weighted by atomic mass is 9.97. The average molecular weight is 559 g/mol. The molecule has 2 saturated heterocycles. The maximum atomic E-state index is 11.4. The largest absolute Gasteiger partial charge is 0.462 e. The lowest BCUT2D eigenvalue weighted by molar-refractivity contribution is -0.352. The van der Waals surface area contributed by atoms with E-state index in [1.54, 1.807) is 0 Å². The van der Waals surface area contributed by atoms with Gasteiger partial charge < -0.3 is 65.7 Å². The summed E-state index contributed by atoms with van der Waals surface area (Å²) in [6, 6.07) is 6.01. The van der Waals surface area contributed by atoms with Gasteiger partial charge in [-0.3, -0.25) is 9.59 Å². The summed E-state index contributed by atoms with van der Waals surface area (Å²) < 4.78 is 21.8. The minimum atomic E-state index is -1.75. The summed E-state index contributed by atoms with van der Waals surface area (Å²) in [7, 11) is 0. The molecule has 1 aromatic rings. The van der Waals surface area contributed by atoms with Crippen LogP contribution >= 0.6 is 0 Å². The van der Waals surface area contributed by atoms with E-state index in [2.05, 4.69) is 24.2 Å². The summed E-state index contributed by atoms with van der Waals surface area (Å²) in [5.41, 5.74) is 5.00. The molecule has 15 nitrogen and oxygen atoms in total. The van der Waals surface area contributed by atoms with Crippen molar-refractivity contribution in [1.29, 1.82) is 0 Å². The fourth-order valence-corrected chi connectivity index (χ4v) is 3.60. The number of carbonyl (C=O) groups excluding carboxylic acids is 2. The molecule has 3 rings (SSSR count). The van der Waals surface area contributed by atoms with E-state index in [9.17, 15) is 45.3 Å². The van der Waals surface area contributed by atoms with Gasteiger partial charge in [-0.25, -0.2) is 0 Å². The van der Waals surface area contributed by atoms with Crippen LogP contribution in [0.5, 0.6) is 5.75 Å². The minimum absolute atomic E-state index is 0.220. The van der Waals surface area contributed by atoms with E-state index in [4.69, 9.17) is 18.9 Å². The Hall–Kier alpha value is -2.96. The zero-order valence-corrected chi connectivity index (χ0v) is 20.7. The van der Waals surface area contributed by atoms with Gasteiger partial charge >= 0.3 is 0 Å². The third kappa shape index (κ3) is 8.51. The number of carbonyl (C=O) groups is 2. The second-order valence-electron chi connectivity index (χ2n) is 8.45. The first kappa shape index (κ1) is 32.3. The van der Waals surface area contributed by atoms with Crippen molar-refractivity contribution in [2.24, 2.45) is 5.73 Å². The van der Waals surface area contributed by atoms with E-state index in [-0.39, 0.29) is 5.75 Å². The number of aliphatic hydroxyl groups is 7. The Balaban J connectivity index is 0.000000976. The molecule has 0 aliphatic carbocycles. The molecular formula is C24H34N2O13. The lowest BCUT2D eigenvalue weighted by Gasteiger charge is -2.45. The summed E-state index contributed by atoms with van der Waals surface area (Å²) in [5, 5.41) is 72.7. The Kier molecular flexibility index (Phi) is 12.4. The highest BCUT2D eigenvalue weighted by molar-refractivity contribution is 5.98. The van der Waals surface area contributed by atoms with Crippen molar-refractivity contribution in [3.63, 3.8) is 0 Å². The van der Waals surface area contributed by atoms with Crippen LogP contribution in [0, 0.1) is 0 Å². The van der Waals surface area contributed by atoms with Crippen LogP contribution in [0.4, 0.5) is 5.69 Å². The molecule has 10 unspecified atom stereocenters. The summed E-state index contributed by atoms with van der Waals surface area (Å²) in [6.07, 6.45) is -13.2. The monoisotopic (exact) mass is 558 g/mol. The molecule has 2 heterocycles. The molecule has 0 radical (unpaired) electrons. The number of aliphatic hydroxyl groups excluding tert-OH is 7. The Bertz CT molecular complexity index is 958. The first-order chi connectivity index (χ1) is 18.5. The summed E-state index contributed by atoms with van der Waals surface area (Å²) in [6.45, 7) is 5.07. The third-order valence-electron chi connectivity index (χ3n) is 5.72. The van der Waals surface area contributed by atoms with Crippen molar-refractivity contribution in [2.45, 2.75) is 61.4 Å². The van der Waals surface area contributed by atoms with E-state index >= 15 is 0 Å². The third-order valence-corrected chi connectivity index (χ3v) is 5.72. The summed E-state index contributed by atoms with van der Waals surface area (Å²) >= 11 is 0. The predicted molar refractivity (Wildman–Crippen MR) is 132 cm³/mol. The molecule has 39 heavy (non-hydrogen) atoms. The number of amides is 2. The number of nitrogens with one attached hydrogen (secondary N) is 1. The highest BCUT2D eigenvalue weighted by Crippen LogP contribution is 2.30. The molecule has 2 amide bonds. The normalized spacial score (nSPS) is 34.1. The number of anilines is 1. The maximum absolute atomic E-state index is 11.4. The molecule has 0 aromatic heterocycles. The van der Waals surface area contributed by atoms with Crippen LogP contribution in [-0.4, -0.2) is 122 Å². The van der Waals surface area contributed by atoms with Gasteiger partial charge in [0, 0.05) is 5.69 Å². The van der Waals surface area contributed by atoms with Crippen molar-refractivity contribution in [1.82, 2.24) is 0 Å². The van der Waals surface area contributed by atoms with Crippen LogP contribution in [0.25, 0.3) is 0 Å². The second-order valence-corrected chi connectivity index (χ2v) is 8.45. The van der Waals surface area contributed by atoms with Crippen LogP contribution in [0.2, 0.25) is 0 Å². The number of nitrogens with two attached hydrogens (primary N) is 1. The molecule has 0 saturated carbocycles. The zero-order valence-electron chi connectivity index (χ0n) is 20.7. The van der Waals surface area contributed by atoms with E-state index in [0.717, 1.165) is 12.2 Å². The SMILES string of the molecule is C=CC(=O)Nc1ccc(OC2OC(CO)C(OC3OC(CO)C(O)C(O)C3O)C(O)C2O)cc1.C=CC(N)=O. The van der Waals surface area contributed by atoms with Crippen LogP contribution in [0.1, 0.15) is 0 Å². The quantitative estimate of drug-likeness (QED) is 0.133. The molecule has 1 aromatic carbocycles. The number of benzene rings is 1. The topological polar surface area (TPSA) is 251 Å². The van der Waals surface area contributed by atoms with Crippen molar-refractivity contribution >= 4 is 17.5 Å². The standard InChI is InChI=1S/C21H29NO12.C3H5NO/c1-2-13(25)22-9-3-5-10(6-4-9)31-20-18(30)16(28)19(12(8-24)33-20)34-21-17(29)15(27)14(26)11(7-23)32-21;1-2-3(4)5/h2-6,11-12,14-21,23-24,26-30H,1,7-8H2,(H,22,25);2H,1H2,(H2,4,5). The van der Waals surface area contributed by atoms with Crippen LogP contribution in [0.3, 0.4) is 0 Å².